The van der Waals surface area contributed by atoms with Crippen molar-refractivity contribution in [3.05, 3.63) is 41.5 Å². The van der Waals surface area contributed by atoms with E-state index in [1.54, 1.807) is 19.1 Å². The van der Waals surface area contributed by atoms with E-state index < -0.39 is 17.9 Å². The maximum Gasteiger partial charge on any atom is 0.328 e. The van der Waals surface area contributed by atoms with Gasteiger partial charge >= 0.3 is 12.0 Å². The van der Waals surface area contributed by atoms with Crippen LogP contribution in [0.2, 0.25) is 0 Å². The number of imide groups is 1. The number of hydrogen-bond acceptors (Lipinski definition) is 4. The van der Waals surface area contributed by atoms with Gasteiger partial charge in [0.2, 0.25) is 0 Å². The number of nitrogens with zero attached hydrogens (tertiary/aromatic N) is 1. The molecule has 0 saturated heterocycles. The van der Waals surface area contributed by atoms with Gasteiger partial charge in [-0.2, -0.15) is 5.26 Å². The first-order chi connectivity index (χ1) is 9.42. The van der Waals surface area contributed by atoms with Crippen LogP contribution in [-0.2, 0) is 9.59 Å². The highest BCUT2D eigenvalue weighted by molar-refractivity contribution is 6.06. The molecule has 0 spiro atoms. The van der Waals surface area contributed by atoms with E-state index in [0.29, 0.717) is 22.9 Å². The number of carbonyl (C=O) groups is 3. The maximum atomic E-state index is 11.5. The number of carboxylic acid groups (broad SMARTS) is 1. The second-order valence-corrected chi connectivity index (χ2v) is 3.76. The van der Waals surface area contributed by atoms with E-state index in [2.05, 4.69) is 5.32 Å². The van der Waals surface area contributed by atoms with Gasteiger partial charge in [-0.1, -0.05) is 6.07 Å². The standard InChI is InChI=1S/C13H11N3O4/c1-8-2-3-9(7-14)6-10(8)15-13(20)16-11(17)4-5-12(18)19/h2-6H,1H3,(H,18,19)(H2,15,16,17,20). The summed E-state index contributed by atoms with van der Waals surface area (Å²) in [7, 11) is 0. The van der Waals surface area contributed by atoms with Crippen LogP contribution in [0, 0.1) is 18.3 Å². The first kappa shape index (κ1) is 14.9. The summed E-state index contributed by atoms with van der Waals surface area (Å²) in [6.07, 6.45) is 1.34. The third-order valence-electron chi connectivity index (χ3n) is 2.23. The molecule has 0 unspecified atom stereocenters. The van der Waals surface area contributed by atoms with Crippen LogP contribution in [-0.4, -0.2) is 23.0 Å². The summed E-state index contributed by atoms with van der Waals surface area (Å²) in [4.78, 5) is 32.9. The third-order valence-corrected chi connectivity index (χ3v) is 2.23. The van der Waals surface area contributed by atoms with E-state index >= 15 is 0 Å². The molecule has 1 aromatic rings. The molecule has 0 fully saturated rings. The van der Waals surface area contributed by atoms with Crippen molar-refractivity contribution in [2.45, 2.75) is 6.92 Å². The number of carboxylic acids is 1. The van der Waals surface area contributed by atoms with Crippen molar-refractivity contribution >= 4 is 23.6 Å². The Morgan fingerprint density at radius 3 is 2.60 bits per heavy atom. The highest BCUT2D eigenvalue weighted by Gasteiger charge is 2.08. The van der Waals surface area contributed by atoms with Crippen LogP contribution < -0.4 is 10.6 Å². The summed E-state index contributed by atoms with van der Waals surface area (Å²) in [5.41, 5.74) is 1.47. The second-order valence-electron chi connectivity index (χ2n) is 3.76. The molecule has 0 radical (unpaired) electrons. The SMILES string of the molecule is Cc1ccc(C#N)cc1NC(=O)NC(=O)C=CC(=O)O. The van der Waals surface area contributed by atoms with E-state index in [0.717, 1.165) is 6.08 Å². The van der Waals surface area contributed by atoms with Gasteiger partial charge in [0.15, 0.2) is 0 Å². The minimum atomic E-state index is -1.29. The first-order valence-electron chi connectivity index (χ1n) is 5.46. The van der Waals surface area contributed by atoms with Gasteiger partial charge < -0.3 is 10.4 Å². The molecule has 0 heterocycles. The molecule has 3 amide bonds. The van der Waals surface area contributed by atoms with Crippen LogP contribution in [0.15, 0.2) is 30.4 Å². The van der Waals surface area contributed by atoms with Crippen LogP contribution in [0.4, 0.5) is 10.5 Å². The Hall–Kier alpha value is -3.14. The monoisotopic (exact) mass is 273 g/mol. The van der Waals surface area contributed by atoms with Gasteiger partial charge in [0.1, 0.15) is 0 Å². The number of rotatable bonds is 3. The molecule has 0 saturated carbocycles. The summed E-state index contributed by atoms with van der Waals surface area (Å²) in [6.45, 7) is 1.73. The summed E-state index contributed by atoms with van der Waals surface area (Å²) in [6, 6.07) is 5.82. The molecule has 0 atom stereocenters. The number of amides is 3. The number of aliphatic carboxylic acids is 1. The normalized spacial score (nSPS) is 9.80. The van der Waals surface area contributed by atoms with Crippen molar-refractivity contribution in [2.75, 3.05) is 5.32 Å². The molecule has 1 rings (SSSR count). The fourth-order valence-corrected chi connectivity index (χ4v) is 1.28. The molecule has 0 aliphatic carbocycles. The van der Waals surface area contributed by atoms with Crippen LogP contribution in [0.5, 0.6) is 0 Å². The zero-order chi connectivity index (χ0) is 15.1. The van der Waals surface area contributed by atoms with Gasteiger partial charge in [-0.25, -0.2) is 9.59 Å². The summed E-state index contributed by atoms with van der Waals surface area (Å²) >= 11 is 0. The summed E-state index contributed by atoms with van der Waals surface area (Å²) in [5.74, 6) is -2.16. The van der Waals surface area contributed by atoms with Crippen molar-refractivity contribution in [3.8, 4) is 6.07 Å². The fraction of sp³-hybridized carbons (Fsp3) is 0.0769. The van der Waals surface area contributed by atoms with Gasteiger partial charge in [-0.3, -0.25) is 10.1 Å². The van der Waals surface area contributed by atoms with Gasteiger partial charge in [0.05, 0.1) is 11.6 Å². The number of urea groups is 1. The summed E-state index contributed by atoms with van der Waals surface area (Å²) < 4.78 is 0. The predicted octanol–water partition coefficient (Wildman–Crippen LogP) is 1.16. The lowest BCUT2D eigenvalue weighted by atomic mass is 10.1. The van der Waals surface area contributed by atoms with Crippen molar-refractivity contribution in [1.82, 2.24) is 5.32 Å². The molecule has 1 aromatic carbocycles. The third kappa shape index (κ3) is 4.62. The lowest BCUT2D eigenvalue weighted by Crippen LogP contribution is -2.33. The molecule has 7 heteroatoms. The number of anilines is 1. The molecular weight excluding hydrogens is 262 g/mol. The van der Waals surface area contributed by atoms with Crippen LogP contribution in [0.3, 0.4) is 0 Å². The Morgan fingerprint density at radius 2 is 2.00 bits per heavy atom. The number of nitrogens with one attached hydrogen (secondary N) is 2. The quantitative estimate of drug-likeness (QED) is 0.714. The Labute approximate surface area is 114 Å². The zero-order valence-corrected chi connectivity index (χ0v) is 10.5. The molecule has 0 aliphatic rings. The van der Waals surface area contributed by atoms with E-state index in [1.807, 2.05) is 11.4 Å². The average molecular weight is 273 g/mol. The minimum absolute atomic E-state index is 0.364. The molecular formula is C13H11N3O4. The molecule has 0 bridgehead atoms. The topological polar surface area (TPSA) is 119 Å². The Bertz CT molecular complexity index is 629. The Balaban J connectivity index is 2.70. The van der Waals surface area contributed by atoms with Crippen LogP contribution in [0.25, 0.3) is 0 Å². The number of hydrogen-bond donors (Lipinski definition) is 3. The predicted molar refractivity (Wildman–Crippen MR) is 69.8 cm³/mol. The highest BCUT2D eigenvalue weighted by Crippen LogP contribution is 2.16. The van der Waals surface area contributed by atoms with E-state index in [1.165, 1.54) is 6.07 Å². The van der Waals surface area contributed by atoms with Crippen molar-refractivity contribution in [1.29, 1.82) is 5.26 Å². The van der Waals surface area contributed by atoms with Crippen LogP contribution >= 0.6 is 0 Å². The van der Waals surface area contributed by atoms with Crippen molar-refractivity contribution in [2.24, 2.45) is 0 Å². The van der Waals surface area contributed by atoms with Crippen LogP contribution in [0.1, 0.15) is 11.1 Å². The van der Waals surface area contributed by atoms with E-state index in [9.17, 15) is 14.4 Å². The molecule has 102 valence electrons. The van der Waals surface area contributed by atoms with Crippen molar-refractivity contribution in [3.63, 3.8) is 0 Å². The lowest BCUT2D eigenvalue weighted by Gasteiger charge is -2.08. The van der Waals surface area contributed by atoms with E-state index in [-0.39, 0.29) is 0 Å². The molecule has 0 aromatic heterocycles. The average Bonchev–Trinajstić information content (AvgIpc) is 2.39. The maximum absolute atomic E-state index is 11.5. The number of benzene rings is 1. The number of nitriles is 1. The number of aryl methyl sites for hydroxylation is 1. The largest absolute Gasteiger partial charge is 0.478 e. The minimum Gasteiger partial charge on any atom is -0.478 e. The smallest absolute Gasteiger partial charge is 0.328 e. The highest BCUT2D eigenvalue weighted by atomic mass is 16.4. The lowest BCUT2D eigenvalue weighted by molar-refractivity contribution is -0.131. The number of carbonyl (C=O) groups excluding carboxylic acids is 2. The first-order valence-corrected chi connectivity index (χ1v) is 5.46. The van der Waals surface area contributed by atoms with Gasteiger partial charge in [0, 0.05) is 17.8 Å². The second kappa shape index (κ2) is 6.70. The Morgan fingerprint density at radius 1 is 1.30 bits per heavy atom. The fourth-order valence-electron chi connectivity index (χ4n) is 1.28. The Kier molecular flexibility index (Phi) is 5.00. The molecule has 7 nitrogen and oxygen atoms in total. The molecule has 3 N–H and O–H groups in total. The van der Waals surface area contributed by atoms with E-state index in [4.69, 9.17) is 10.4 Å². The van der Waals surface area contributed by atoms with Gasteiger partial charge in [-0.15, -0.1) is 0 Å². The summed E-state index contributed by atoms with van der Waals surface area (Å²) in [5, 5.41) is 21.4. The zero-order valence-electron chi connectivity index (χ0n) is 10.5. The molecule has 0 aliphatic heterocycles. The van der Waals surface area contributed by atoms with Gasteiger partial charge in [0.25, 0.3) is 5.91 Å². The molecule has 20 heavy (non-hydrogen) atoms. The van der Waals surface area contributed by atoms with Gasteiger partial charge in [-0.05, 0) is 24.6 Å². The van der Waals surface area contributed by atoms with Crippen molar-refractivity contribution < 1.29 is 19.5 Å².